The molecule has 2 bridgehead atoms. The second kappa shape index (κ2) is 4.93. The Bertz CT molecular complexity index is 946. The zero-order valence-electron chi connectivity index (χ0n) is 14.0. The first-order valence-electron chi connectivity index (χ1n) is 8.65. The second-order valence-electron chi connectivity index (χ2n) is 7.61. The number of phenols is 2. The van der Waals surface area contributed by atoms with E-state index in [9.17, 15) is 29.9 Å². The maximum Gasteiger partial charge on any atom is 0.311 e. The fraction of sp³-hybridized carbons (Fsp3) is 0.389. The average molecular weight is 369 g/mol. The van der Waals surface area contributed by atoms with E-state index in [1.165, 1.54) is 0 Å². The molecule has 1 heterocycles. The van der Waals surface area contributed by atoms with Crippen molar-refractivity contribution in [3.63, 3.8) is 0 Å². The minimum Gasteiger partial charge on any atom is -0.507 e. The monoisotopic (exact) mass is 369 g/mol. The Morgan fingerprint density at radius 3 is 2.22 bits per heavy atom. The van der Waals surface area contributed by atoms with Crippen LogP contribution in [0.2, 0.25) is 0 Å². The number of hydrogen-bond donors (Lipinski definition) is 2. The van der Waals surface area contributed by atoms with Crippen LogP contribution in [0.1, 0.15) is 18.4 Å². The number of rotatable bonds is 3. The summed E-state index contributed by atoms with van der Waals surface area (Å²) >= 11 is 0. The normalized spacial score (nSPS) is 32.1. The predicted molar refractivity (Wildman–Crippen MR) is 90.6 cm³/mol. The number of fused-ring (bicyclic) bond motifs is 3. The number of nitro benzene ring substituents is 1. The molecule has 2 amide bonds. The highest BCUT2D eigenvalue weighted by molar-refractivity contribution is 6.07. The van der Waals surface area contributed by atoms with Gasteiger partial charge in [-0.1, -0.05) is 12.2 Å². The van der Waals surface area contributed by atoms with Gasteiger partial charge in [-0.05, 0) is 30.1 Å². The summed E-state index contributed by atoms with van der Waals surface area (Å²) in [5.41, 5.74) is -0.591. The van der Waals surface area contributed by atoms with Crippen LogP contribution in [0.4, 0.5) is 5.69 Å². The number of imide groups is 1. The molecule has 4 atom stereocenters. The van der Waals surface area contributed by atoms with E-state index in [2.05, 4.69) is 5.10 Å². The van der Waals surface area contributed by atoms with Gasteiger partial charge in [-0.15, -0.1) is 0 Å². The summed E-state index contributed by atoms with van der Waals surface area (Å²) in [4.78, 5) is 35.7. The van der Waals surface area contributed by atoms with Gasteiger partial charge < -0.3 is 10.2 Å². The summed E-state index contributed by atoms with van der Waals surface area (Å²) in [6, 6.07) is 1.76. The number of amides is 2. The summed E-state index contributed by atoms with van der Waals surface area (Å²) < 4.78 is 0. The number of aromatic hydroxyl groups is 2. The molecule has 0 unspecified atom stereocenters. The summed E-state index contributed by atoms with van der Waals surface area (Å²) in [7, 11) is 0. The van der Waals surface area contributed by atoms with Gasteiger partial charge in [-0.3, -0.25) is 19.7 Å². The molecule has 1 aromatic rings. The van der Waals surface area contributed by atoms with Crippen molar-refractivity contribution in [2.24, 2.45) is 34.2 Å². The van der Waals surface area contributed by atoms with Gasteiger partial charge in [-0.2, -0.15) is 10.1 Å². The minimum absolute atomic E-state index is 0.0723. The van der Waals surface area contributed by atoms with Crippen LogP contribution in [-0.2, 0) is 9.59 Å². The Morgan fingerprint density at radius 1 is 1.11 bits per heavy atom. The summed E-state index contributed by atoms with van der Waals surface area (Å²) in [6.45, 7) is 0. The number of phenolic OH excluding ortho intramolecular Hbond substituents is 2. The van der Waals surface area contributed by atoms with Crippen LogP contribution in [0.5, 0.6) is 11.5 Å². The van der Waals surface area contributed by atoms with Gasteiger partial charge >= 0.3 is 5.69 Å². The van der Waals surface area contributed by atoms with E-state index in [1.54, 1.807) is 0 Å². The van der Waals surface area contributed by atoms with Crippen LogP contribution in [0, 0.1) is 39.2 Å². The van der Waals surface area contributed by atoms with E-state index in [1.807, 2.05) is 12.2 Å². The molecule has 1 aliphatic heterocycles. The quantitative estimate of drug-likeness (QED) is 0.273. The molecule has 1 spiro atoms. The molecule has 1 aromatic carbocycles. The maximum absolute atomic E-state index is 12.8. The lowest BCUT2D eigenvalue weighted by molar-refractivity contribution is -0.385. The van der Waals surface area contributed by atoms with Gasteiger partial charge in [0.2, 0.25) is 0 Å². The van der Waals surface area contributed by atoms with Crippen LogP contribution in [0.3, 0.4) is 0 Å². The summed E-state index contributed by atoms with van der Waals surface area (Å²) in [5.74, 6) is -2.49. The molecule has 9 nitrogen and oxygen atoms in total. The standard InChI is InChI=1S/C18H15N3O6/c22-12-6-13(23)11(21(26)27)5-8(12)7-19-20-16(24)14-9-1-2-10(15(14)17(20)25)18(9)3-4-18/h1-2,5-7,9-10,14-15,22-23H,3-4H2/b19-7-/t9-,10-,14-,15+/m1/s1. The average Bonchev–Trinajstić information content (AvgIpc) is 3.21. The number of hydrazone groups is 1. The molecule has 3 fully saturated rings. The number of nitro groups is 1. The molecule has 5 rings (SSSR count). The summed E-state index contributed by atoms with van der Waals surface area (Å²) in [5, 5.41) is 35.0. The van der Waals surface area contributed by atoms with Gasteiger partial charge in [0.05, 0.1) is 23.0 Å². The number of allylic oxidation sites excluding steroid dienone is 2. The molecular weight excluding hydrogens is 354 g/mol. The molecular formula is C18H15N3O6. The molecule has 27 heavy (non-hydrogen) atoms. The second-order valence-corrected chi connectivity index (χ2v) is 7.61. The van der Waals surface area contributed by atoms with E-state index >= 15 is 0 Å². The first-order chi connectivity index (χ1) is 12.8. The van der Waals surface area contributed by atoms with Crippen molar-refractivity contribution in [2.45, 2.75) is 12.8 Å². The zero-order chi connectivity index (χ0) is 19.1. The highest BCUT2D eigenvalue weighted by Gasteiger charge is 2.73. The van der Waals surface area contributed by atoms with Crippen LogP contribution in [-0.4, -0.2) is 38.2 Å². The fourth-order valence-corrected chi connectivity index (χ4v) is 5.13. The molecule has 3 aliphatic carbocycles. The Kier molecular flexibility index (Phi) is 2.92. The highest BCUT2D eigenvalue weighted by Crippen LogP contribution is 2.73. The lowest BCUT2D eigenvalue weighted by Crippen LogP contribution is -2.30. The van der Waals surface area contributed by atoms with Crippen LogP contribution in [0.25, 0.3) is 0 Å². The molecule has 2 saturated carbocycles. The molecule has 9 heteroatoms. The van der Waals surface area contributed by atoms with E-state index in [-0.39, 0.29) is 34.6 Å². The Morgan fingerprint density at radius 2 is 1.70 bits per heavy atom. The molecule has 0 radical (unpaired) electrons. The predicted octanol–water partition coefficient (Wildman–Crippen LogP) is 1.54. The van der Waals surface area contributed by atoms with Gasteiger partial charge in [0.1, 0.15) is 5.75 Å². The van der Waals surface area contributed by atoms with Crippen molar-refractivity contribution < 1.29 is 24.7 Å². The first-order valence-corrected chi connectivity index (χ1v) is 8.65. The van der Waals surface area contributed by atoms with Crippen LogP contribution >= 0.6 is 0 Å². The van der Waals surface area contributed by atoms with Crippen LogP contribution < -0.4 is 0 Å². The zero-order valence-corrected chi connectivity index (χ0v) is 14.0. The molecule has 1 saturated heterocycles. The molecule has 138 valence electrons. The van der Waals surface area contributed by atoms with Crippen molar-refractivity contribution in [1.82, 2.24) is 5.01 Å². The number of hydrogen-bond acceptors (Lipinski definition) is 7. The molecule has 2 N–H and O–H groups in total. The van der Waals surface area contributed by atoms with E-state index < -0.39 is 33.9 Å². The Hall–Kier alpha value is -3.23. The van der Waals surface area contributed by atoms with Crippen LogP contribution in [0.15, 0.2) is 29.4 Å². The van der Waals surface area contributed by atoms with Crippen molar-refractivity contribution in [1.29, 1.82) is 0 Å². The minimum atomic E-state index is -0.804. The fourth-order valence-electron chi connectivity index (χ4n) is 5.13. The van der Waals surface area contributed by atoms with Gasteiger partial charge in [-0.25, -0.2) is 0 Å². The van der Waals surface area contributed by atoms with Crippen molar-refractivity contribution >= 4 is 23.7 Å². The van der Waals surface area contributed by atoms with E-state index in [4.69, 9.17) is 0 Å². The highest BCUT2D eigenvalue weighted by atomic mass is 16.6. The van der Waals surface area contributed by atoms with Crippen molar-refractivity contribution in [2.75, 3.05) is 0 Å². The lowest BCUT2D eigenvalue weighted by Gasteiger charge is -2.18. The molecule has 0 aromatic heterocycles. The Labute approximate surface area is 152 Å². The van der Waals surface area contributed by atoms with Crippen molar-refractivity contribution in [3.8, 4) is 11.5 Å². The first kappa shape index (κ1) is 16.0. The molecule has 4 aliphatic rings. The summed E-state index contributed by atoms with van der Waals surface area (Å²) in [6.07, 6.45) is 7.20. The smallest absolute Gasteiger partial charge is 0.311 e. The van der Waals surface area contributed by atoms with E-state index in [0.29, 0.717) is 0 Å². The number of carbonyl (C=O) groups excluding carboxylic acids is 2. The number of carbonyl (C=O) groups is 2. The van der Waals surface area contributed by atoms with Gasteiger partial charge in [0.25, 0.3) is 11.8 Å². The van der Waals surface area contributed by atoms with Crippen molar-refractivity contribution in [3.05, 3.63) is 40.0 Å². The largest absolute Gasteiger partial charge is 0.507 e. The maximum atomic E-state index is 12.8. The third-order valence-electron chi connectivity index (χ3n) is 6.46. The third-order valence-corrected chi connectivity index (χ3v) is 6.46. The van der Waals surface area contributed by atoms with E-state index in [0.717, 1.165) is 36.2 Å². The third kappa shape index (κ3) is 1.91. The SMILES string of the molecule is O=C1[C@@H]2[C@H](C(=O)N1/N=C\c1cc([N+](=O)[O-])c(O)cc1O)[C@H]1C=C[C@H]2C12CC2. The Balaban J connectivity index is 1.45. The topological polar surface area (TPSA) is 133 Å². The lowest BCUT2D eigenvalue weighted by atomic mass is 9.85. The van der Waals surface area contributed by atoms with Gasteiger partial charge in [0.15, 0.2) is 5.75 Å². The number of nitrogens with zero attached hydrogens (tertiary/aromatic N) is 3. The van der Waals surface area contributed by atoms with Gasteiger partial charge in [0, 0.05) is 17.7 Å². The number of benzene rings is 1.